The Kier molecular flexibility index (Phi) is 8.67. The molecule has 7 nitrogen and oxygen atoms in total. The molecule has 0 amide bonds. The molecule has 0 radical (unpaired) electrons. The number of nitro groups is 1. The van der Waals surface area contributed by atoms with Crippen molar-refractivity contribution in [2.45, 2.75) is 20.5 Å². The lowest BCUT2D eigenvalue weighted by molar-refractivity contribution is -0.384. The lowest BCUT2D eigenvalue weighted by Gasteiger charge is -2.11. The molecule has 4 aromatic carbocycles. The first-order valence-corrected chi connectivity index (χ1v) is 14.4. The second-order valence-corrected chi connectivity index (χ2v) is 11.3. The van der Waals surface area contributed by atoms with Gasteiger partial charge in [-0.25, -0.2) is 4.99 Å². The number of aliphatic imine (C=N–C) groups is 1. The average molecular weight is 685 g/mol. The SMILES string of the molecule is Cc1ccc(-c2oc(N=Cc3cc(Br)c(OCc4ccc([N+](=O)[O-])cc4)c(Br)c3)c(C#N)c2-c2ccc(C)cc2)cc1. The molecule has 1 heterocycles. The van der Waals surface area contributed by atoms with Gasteiger partial charge in [-0.05, 0) is 86.7 Å². The fourth-order valence-electron chi connectivity index (χ4n) is 4.31. The van der Waals surface area contributed by atoms with Gasteiger partial charge in [0.2, 0.25) is 5.88 Å². The highest BCUT2D eigenvalue weighted by Gasteiger charge is 2.23. The maximum Gasteiger partial charge on any atom is 0.269 e. The zero-order chi connectivity index (χ0) is 29.8. The fraction of sp³-hybridized carbons (Fsp3) is 0.0909. The highest BCUT2D eigenvalue weighted by Crippen LogP contribution is 2.43. The molecule has 5 aromatic rings. The highest BCUT2D eigenvalue weighted by atomic mass is 79.9. The molecule has 0 aliphatic carbocycles. The van der Waals surface area contributed by atoms with E-state index >= 15 is 0 Å². The number of nitro benzene ring substituents is 1. The molecule has 208 valence electrons. The van der Waals surface area contributed by atoms with E-state index < -0.39 is 4.92 Å². The number of hydrogen-bond donors (Lipinski definition) is 0. The molecule has 0 bridgehead atoms. The third-order valence-electron chi connectivity index (χ3n) is 6.54. The average Bonchev–Trinajstić information content (AvgIpc) is 3.35. The summed E-state index contributed by atoms with van der Waals surface area (Å²) in [6.07, 6.45) is 1.63. The monoisotopic (exact) mass is 683 g/mol. The topological polar surface area (TPSA) is 102 Å². The van der Waals surface area contributed by atoms with Crippen molar-refractivity contribution in [3.05, 3.63) is 132 Å². The van der Waals surface area contributed by atoms with E-state index in [0.29, 0.717) is 31.6 Å². The van der Waals surface area contributed by atoms with Crippen LogP contribution < -0.4 is 4.74 Å². The summed E-state index contributed by atoms with van der Waals surface area (Å²) in [5.74, 6) is 1.37. The van der Waals surface area contributed by atoms with Crippen LogP contribution in [-0.2, 0) is 6.61 Å². The molecule has 0 saturated carbocycles. The quantitative estimate of drug-likeness (QED) is 0.0920. The molecule has 0 aliphatic rings. The molecular weight excluding hydrogens is 662 g/mol. The zero-order valence-corrected chi connectivity index (χ0v) is 25.8. The Morgan fingerprint density at radius 1 is 0.929 bits per heavy atom. The van der Waals surface area contributed by atoms with Crippen molar-refractivity contribution in [1.82, 2.24) is 0 Å². The Morgan fingerprint density at radius 2 is 1.50 bits per heavy atom. The van der Waals surface area contributed by atoms with Crippen molar-refractivity contribution in [2.75, 3.05) is 0 Å². The van der Waals surface area contributed by atoms with Gasteiger partial charge in [0, 0.05) is 29.5 Å². The Hall–Kier alpha value is -4.52. The van der Waals surface area contributed by atoms with Crippen LogP contribution in [0.2, 0.25) is 0 Å². The first kappa shape index (κ1) is 29.0. The Morgan fingerprint density at radius 3 is 2.05 bits per heavy atom. The molecule has 0 spiro atoms. The van der Waals surface area contributed by atoms with Crippen LogP contribution in [-0.4, -0.2) is 11.1 Å². The molecule has 9 heteroatoms. The Bertz CT molecular complexity index is 1810. The number of hydrogen-bond acceptors (Lipinski definition) is 6. The van der Waals surface area contributed by atoms with E-state index in [-0.39, 0.29) is 18.2 Å². The van der Waals surface area contributed by atoms with Crippen molar-refractivity contribution >= 4 is 49.6 Å². The van der Waals surface area contributed by atoms with Gasteiger partial charge in [-0.1, -0.05) is 59.7 Å². The Balaban J connectivity index is 1.45. The van der Waals surface area contributed by atoms with E-state index in [2.05, 4.69) is 42.9 Å². The number of furan rings is 1. The largest absolute Gasteiger partial charge is 0.487 e. The summed E-state index contributed by atoms with van der Waals surface area (Å²) in [6.45, 7) is 4.26. The predicted octanol–water partition coefficient (Wildman–Crippen LogP) is 9.86. The molecule has 0 fully saturated rings. The first-order chi connectivity index (χ1) is 20.2. The highest BCUT2D eigenvalue weighted by molar-refractivity contribution is 9.11. The second kappa shape index (κ2) is 12.6. The predicted molar refractivity (Wildman–Crippen MR) is 170 cm³/mol. The number of ether oxygens (including phenoxy) is 1. The van der Waals surface area contributed by atoms with Crippen LogP contribution in [0.1, 0.15) is 27.8 Å². The molecule has 1 aromatic heterocycles. The molecule has 0 unspecified atom stereocenters. The number of aryl methyl sites for hydroxylation is 2. The molecule has 5 rings (SSSR count). The maximum atomic E-state index is 10.9. The summed E-state index contributed by atoms with van der Waals surface area (Å²) in [5.41, 5.74) is 6.58. The van der Waals surface area contributed by atoms with Crippen LogP contribution in [0.15, 0.2) is 103 Å². The van der Waals surface area contributed by atoms with Gasteiger partial charge in [0.25, 0.3) is 5.69 Å². The van der Waals surface area contributed by atoms with E-state index in [1.54, 1.807) is 18.3 Å². The number of rotatable bonds is 8. The van der Waals surface area contributed by atoms with Crippen molar-refractivity contribution in [1.29, 1.82) is 5.26 Å². The first-order valence-electron chi connectivity index (χ1n) is 12.8. The number of halogens is 2. The van der Waals surface area contributed by atoms with Crippen molar-refractivity contribution in [3.8, 4) is 34.3 Å². The minimum Gasteiger partial charge on any atom is -0.487 e. The van der Waals surface area contributed by atoms with Gasteiger partial charge in [-0.2, -0.15) is 5.26 Å². The summed E-state index contributed by atoms with van der Waals surface area (Å²) in [6, 6.07) is 28.1. The molecule has 0 aliphatic heterocycles. The molecular formula is C33H23Br2N3O4. The lowest BCUT2D eigenvalue weighted by Crippen LogP contribution is -1.98. The van der Waals surface area contributed by atoms with Crippen LogP contribution in [0.3, 0.4) is 0 Å². The summed E-state index contributed by atoms with van der Waals surface area (Å²) >= 11 is 7.13. The minimum absolute atomic E-state index is 0.0258. The number of benzene rings is 4. The van der Waals surface area contributed by atoms with Crippen LogP contribution in [0.4, 0.5) is 11.6 Å². The Labute approximate surface area is 259 Å². The van der Waals surface area contributed by atoms with Crippen LogP contribution in [0.5, 0.6) is 5.75 Å². The van der Waals surface area contributed by atoms with Crippen molar-refractivity contribution in [2.24, 2.45) is 4.99 Å². The molecule has 0 atom stereocenters. The van der Waals surface area contributed by atoms with Crippen LogP contribution >= 0.6 is 31.9 Å². The number of nitrogens with zero attached hydrogens (tertiary/aromatic N) is 3. The third kappa shape index (κ3) is 6.35. The second-order valence-electron chi connectivity index (χ2n) is 9.61. The van der Waals surface area contributed by atoms with Gasteiger partial charge >= 0.3 is 0 Å². The van der Waals surface area contributed by atoms with E-state index in [9.17, 15) is 15.4 Å². The van der Waals surface area contributed by atoms with Crippen LogP contribution in [0, 0.1) is 35.3 Å². The van der Waals surface area contributed by atoms with E-state index in [1.165, 1.54) is 12.1 Å². The van der Waals surface area contributed by atoms with Gasteiger partial charge < -0.3 is 9.15 Å². The van der Waals surface area contributed by atoms with Gasteiger partial charge in [0.05, 0.1) is 13.9 Å². The van der Waals surface area contributed by atoms with Crippen molar-refractivity contribution in [3.63, 3.8) is 0 Å². The zero-order valence-electron chi connectivity index (χ0n) is 22.6. The standard InChI is InChI=1S/C33H23Br2N3O4/c1-20-3-9-24(10-4-20)30-27(17-36)33(42-31(30)25-11-5-21(2)6-12-25)37-18-23-15-28(34)32(29(35)16-23)41-19-22-7-13-26(14-8-22)38(39)40/h3-16,18H,19H2,1-2H3. The lowest BCUT2D eigenvalue weighted by atomic mass is 9.97. The van der Waals surface area contributed by atoms with E-state index in [4.69, 9.17) is 9.15 Å². The molecule has 0 saturated heterocycles. The summed E-state index contributed by atoms with van der Waals surface area (Å²) in [4.78, 5) is 15.0. The molecule has 42 heavy (non-hydrogen) atoms. The summed E-state index contributed by atoms with van der Waals surface area (Å²) in [7, 11) is 0. The molecule has 0 N–H and O–H groups in total. The van der Waals surface area contributed by atoms with Gasteiger partial charge in [0.1, 0.15) is 29.7 Å². The third-order valence-corrected chi connectivity index (χ3v) is 7.72. The van der Waals surface area contributed by atoms with Gasteiger partial charge in [-0.3, -0.25) is 10.1 Å². The van der Waals surface area contributed by atoms with E-state index in [1.807, 2.05) is 74.5 Å². The summed E-state index contributed by atoms with van der Waals surface area (Å²) in [5, 5.41) is 21.1. The fourth-order valence-corrected chi connectivity index (χ4v) is 5.76. The van der Waals surface area contributed by atoms with Gasteiger partial charge in [-0.15, -0.1) is 0 Å². The van der Waals surface area contributed by atoms with Crippen LogP contribution in [0.25, 0.3) is 22.5 Å². The normalized spacial score (nSPS) is 11.0. The smallest absolute Gasteiger partial charge is 0.269 e. The van der Waals surface area contributed by atoms with Gasteiger partial charge in [0.15, 0.2) is 0 Å². The summed E-state index contributed by atoms with van der Waals surface area (Å²) < 4.78 is 13.6. The number of nitriles is 1. The number of non-ortho nitro benzene ring substituents is 1. The maximum absolute atomic E-state index is 10.9. The minimum atomic E-state index is -0.437. The van der Waals surface area contributed by atoms with E-state index in [0.717, 1.165) is 33.4 Å². The van der Waals surface area contributed by atoms with Crippen molar-refractivity contribution < 1.29 is 14.1 Å².